The summed E-state index contributed by atoms with van der Waals surface area (Å²) in [5.41, 5.74) is 18.4. The molecular formula is C49H51BF4N2. The quantitative estimate of drug-likeness (QED) is 0.0852. The first-order chi connectivity index (χ1) is 26.6. The molecule has 0 N–H and O–H groups in total. The number of hydrogen-bond donors (Lipinski definition) is 0. The number of rotatable bonds is 8. The van der Waals surface area contributed by atoms with Crippen LogP contribution in [-0.4, -0.2) is 23.1 Å². The van der Waals surface area contributed by atoms with Crippen molar-refractivity contribution in [1.82, 2.24) is 4.90 Å². The van der Waals surface area contributed by atoms with Crippen molar-refractivity contribution in [2.75, 3.05) is 0 Å². The maximum Gasteiger partial charge on any atom is 0.673 e. The van der Waals surface area contributed by atoms with E-state index in [0.717, 1.165) is 0 Å². The Bertz CT molecular complexity index is 2230. The summed E-state index contributed by atoms with van der Waals surface area (Å²) in [6.45, 7) is 17.9. The Morgan fingerprint density at radius 2 is 0.804 bits per heavy atom. The summed E-state index contributed by atoms with van der Waals surface area (Å²) in [5, 5.41) is 0. The Labute approximate surface area is 330 Å². The van der Waals surface area contributed by atoms with Crippen LogP contribution >= 0.6 is 0 Å². The van der Waals surface area contributed by atoms with Crippen LogP contribution in [0.15, 0.2) is 133 Å². The SMILES string of the molecule is Cc1ccc(C(c2ccc(C)cc2C)N2C=[N+](C(c3ccc(C)cc3C)c3ccc(C)cc3C)[C@@H](c3ccccc3)[C@@H]2c2ccccc2)c(C)c1.F[B-](F)(F)F. The van der Waals surface area contributed by atoms with Gasteiger partial charge in [0.25, 0.3) is 0 Å². The highest BCUT2D eigenvalue weighted by atomic mass is 19.5. The first-order valence-corrected chi connectivity index (χ1v) is 19.3. The monoisotopic (exact) mass is 754 g/mol. The lowest BCUT2D eigenvalue weighted by Crippen LogP contribution is -2.32. The summed E-state index contributed by atoms with van der Waals surface area (Å²) in [5.74, 6) is 0. The van der Waals surface area contributed by atoms with E-state index < -0.39 is 7.25 Å². The average molecular weight is 755 g/mol. The zero-order chi connectivity index (χ0) is 40.3. The molecule has 0 bridgehead atoms. The van der Waals surface area contributed by atoms with Gasteiger partial charge in [0.15, 0.2) is 12.1 Å². The van der Waals surface area contributed by atoms with E-state index in [-0.39, 0.29) is 24.2 Å². The molecule has 0 radical (unpaired) electrons. The summed E-state index contributed by atoms with van der Waals surface area (Å²) in [4.78, 5) is 2.70. The second kappa shape index (κ2) is 16.7. The molecule has 288 valence electrons. The van der Waals surface area contributed by atoms with Gasteiger partial charge in [0, 0.05) is 33.4 Å². The Morgan fingerprint density at radius 3 is 1.16 bits per heavy atom. The van der Waals surface area contributed by atoms with Gasteiger partial charge in [0.05, 0.1) is 0 Å². The van der Waals surface area contributed by atoms with Crippen molar-refractivity contribution < 1.29 is 21.8 Å². The highest BCUT2D eigenvalue weighted by Gasteiger charge is 2.51. The molecule has 0 aliphatic carbocycles. The molecular weight excluding hydrogens is 703 g/mol. The van der Waals surface area contributed by atoms with Crippen molar-refractivity contribution in [3.8, 4) is 0 Å². The van der Waals surface area contributed by atoms with Crippen LogP contribution in [0.5, 0.6) is 0 Å². The van der Waals surface area contributed by atoms with Crippen molar-refractivity contribution in [3.05, 3.63) is 211 Å². The van der Waals surface area contributed by atoms with E-state index in [1.165, 1.54) is 77.9 Å². The topological polar surface area (TPSA) is 6.25 Å². The Hall–Kier alpha value is -5.43. The highest BCUT2D eigenvalue weighted by Crippen LogP contribution is 2.50. The van der Waals surface area contributed by atoms with Crippen LogP contribution in [0.1, 0.15) is 102 Å². The van der Waals surface area contributed by atoms with Crippen molar-refractivity contribution in [2.24, 2.45) is 0 Å². The largest absolute Gasteiger partial charge is 0.673 e. The fourth-order valence-corrected chi connectivity index (χ4v) is 8.59. The lowest BCUT2D eigenvalue weighted by Gasteiger charge is -2.32. The van der Waals surface area contributed by atoms with Gasteiger partial charge in [-0.2, -0.15) is 0 Å². The molecule has 2 atom stereocenters. The number of aryl methyl sites for hydroxylation is 8. The van der Waals surface area contributed by atoms with E-state index in [0.29, 0.717) is 0 Å². The molecule has 7 rings (SSSR count). The fraction of sp³-hybridized carbons (Fsp3) is 0.245. The molecule has 0 fully saturated rings. The molecule has 1 aliphatic rings. The Kier molecular flexibility index (Phi) is 12.0. The average Bonchev–Trinajstić information content (AvgIpc) is 3.51. The molecule has 7 heteroatoms. The number of nitrogens with zero attached hydrogens (tertiary/aromatic N) is 2. The third kappa shape index (κ3) is 8.99. The summed E-state index contributed by atoms with van der Waals surface area (Å²) >= 11 is 0. The standard InChI is InChI=1S/C49H51N2.BF4/c1-32-19-23-42(36(5)27-32)48(43-24-20-33(2)28-37(43)6)50-31-51(47(41-17-13-10-14-18-41)46(50)40-15-11-9-12-16-40)49(44-25-21-34(3)29-38(44)7)45-26-22-35(4)30-39(45)8;2-1(3,4)5/h9-31,46-49H,1-8H3;/q+1;-1/t46-,47-;/m0./s1. The molecule has 1 aliphatic heterocycles. The van der Waals surface area contributed by atoms with Crippen molar-refractivity contribution >= 4 is 13.6 Å². The normalized spacial score (nSPS) is 15.5. The van der Waals surface area contributed by atoms with Gasteiger partial charge < -0.3 is 17.3 Å². The third-order valence-electron chi connectivity index (χ3n) is 11.0. The fourth-order valence-electron chi connectivity index (χ4n) is 8.59. The molecule has 1 heterocycles. The van der Waals surface area contributed by atoms with Crippen molar-refractivity contribution in [3.63, 3.8) is 0 Å². The van der Waals surface area contributed by atoms with Gasteiger partial charge in [0.1, 0.15) is 12.1 Å². The molecule has 0 amide bonds. The van der Waals surface area contributed by atoms with Gasteiger partial charge in [-0.05, 0) is 77.6 Å². The first-order valence-electron chi connectivity index (χ1n) is 19.3. The lowest BCUT2D eigenvalue weighted by molar-refractivity contribution is -0.596. The molecule has 56 heavy (non-hydrogen) atoms. The van der Waals surface area contributed by atoms with Crippen LogP contribution < -0.4 is 0 Å². The van der Waals surface area contributed by atoms with Gasteiger partial charge in [-0.25, -0.2) is 9.48 Å². The van der Waals surface area contributed by atoms with Gasteiger partial charge in [-0.3, -0.25) is 0 Å². The smallest absolute Gasteiger partial charge is 0.418 e. The molecule has 0 spiro atoms. The third-order valence-corrected chi connectivity index (χ3v) is 11.0. The lowest BCUT2D eigenvalue weighted by atomic mass is 9.85. The van der Waals surface area contributed by atoms with Gasteiger partial charge in [-0.15, -0.1) is 0 Å². The van der Waals surface area contributed by atoms with E-state index in [1.54, 1.807) is 0 Å². The first kappa shape index (κ1) is 40.2. The van der Waals surface area contributed by atoms with E-state index in [9.17, 15) is 17.3 Å². The van der Waals surface area contributed by atoms with E-state index in [2.05, 4.69) is 205 Å². The van der Waals surface area contributed by atoms with Gasteiger partial charge >= 0.3 is 7.25 Å². The van der Waals surface area contributed by atoms with Crippen LogP contribution in [-0.2, 0) is 0 Å². The number of halogens is 4. The minimum absolute atomic E-state index is 0.00787. The maximum atomic E-state index is 9.75. The summed E-state index contributed by atoms with van der Waals surface area (Å²) in [6, 6.07) is 50.5. The number of benzene rings is 6. The Morgan fingerprint density at radius 1 is 0.464 bits per heavy atom. The molecule has 0 unspecified atom stereocenters. The van der Waals surface area contributed by atoms with Gasteiger partial charge in [-0.1, -0.05) is 156 Å². The molecule has 0 saturated carbocycles. The van der Waals surface area contributed by atoms with E-state index in [4.69, 9.17) is 0 Å². The minimum Gasteiger partial charge on any atom is -0.418 e. The highest BCUT2D eigenvalue weighted by molar-refractivity contribution is 6.50. The molecule has 0 saturated heterocycles. The predicted octanol–water partition coefficient (Wildman–Crippen LogP) is 13.2. The predicted molar refractivity (Wildman–Crippen MR) is 224 cm³/mol. The van der Waals surface area contributed by atoms with Crippen LogP contribution in [0.3, 0.4) is 0 Å². The van der Waals surface area contributed by atoms with Crippen molar-refractivity contribution in [2.45, 2.75) is 79.6 Å². The zero-order valence-corrected chi connectivity index (χ0v) is 33.6. The van der Waals surface area contributed by atoms with Gasteiger partial charge in [0.2, 0.25) is 6.34 Å². The van der Waals surface area contributed by atoms with Crippen LogP contribution in [0, 0.1) is 55.4 Å². The summed E-state index contributed by atoms with van der Waals surface area (Å²) in [7, 11) is -6.00. The Balaban J connectivity index is 0.00000100. The molecule has 2 nitrogen and oxygen atoms in total. The zero-order valence-electron chi connectivity index (χ0n) is 33.6. The van der Waals surface area contributed by atoms with Crippen LogP contribution in [0.4, 0.5) is 17.3 Å². The van der Waals surface area contributed by atoms with Crippen LogP contribution in [0.25, 0.3) is 0 Å². The van der Waals surface area contributed by atoms with E-state index in [1.807, 2.05) is 0 Å². The maximum absolute atomic E-state index is 9.75. The summed E-state index contributed by atoms with van der Waals surface area (Å²) < 4.78 is 41.7. The molecule has 0 aromatic heterocycles. The number of hydrogen-bond acceptors (Lipinski definition) is 1. The summed E-state index contributed by atoms with van der Waals surface area (Å²) in [6.07, 6.45) is 2.50. The minimum atomic E-state index is -6.00. The second-order valence-electron chi connectivity index (χ2n) is 15.5. The second-order valence-corrected chi connectivity index (χ2v) is 15.5. The van der Waals surface area contributed by atoms with Crippen LogP contribution in [0.2, 0.25) is 0 Å². The molecule has 6 aromatic rings. The van der Waals surface area contributed by atoms with E-state index >= 15 is 0 Å². The van der Waals surface area contributed by atoms with Crippen molar-refractivity contribution in [1.29, 1.82) is 0 Å². The molecule has 6 aromatic carbocycles.